The van der Waals surface area contributed by atoms with Crippen LogP contribution in [-0.2, 0) is 13.0 Å². The Kier molecular flexibility index (Phi) is 5.30. The third kappa shape index (κ3) is 3.75. The fourth-order valence-electron chi connectivity index (χ4n) is 4.94. The van der Waals surface area contributed by atoms with Crippen LogP contribution in [0.2, 0.25) is 0 Å². The zero-order chi connectivity index (χ0) is 21.4. The van der Waals surface area contributed by atoms with E-state index in [2.05, 4.69) is 0 Å². The maximum absolute atomic E-state index is 13.4. The number of aromatic nitrogens is 2. The number of carbonyl (C=O) groups is 1. The Bertz CT molecular complexity index is 1190. The minimum absolute atomic E-state index is 0.00809. The van der Waals surface area contributed by atoms with Gasteiger partial charge in [-0.3, -0.25) is 14.2 Å². The topological polar surface area (TPSA) is 55.2 Å². The Morgan fingerprint density at radius 3 is 2.61 bits per heavy atom. The molecule has 0 aliphatic carbocycles. The highest BCUT2D eigenvalue weighted by Gasteiger charge is 2.31. The van der Waals surface area contributed by atoms with Crippen LogP contribution in [0.3, 0.4) is 0 Å². The van der Waals surface area contributed by atoms with Gasteiger partial charge in [0.15, 0.2) is 0 Å². The van der Waals surface area contributed by atoms with E-state index < -0.39 is 0 Å². The summed E-state index contributed by atoms with van der Waals surface area (Å²) in [6, 6.07) is 11.6. The Hall–Kier alpha value is -3.02. The lowest BCUT2D eigenvalue weighted by Crippen LogP contribution is -2.31. The lowest BCUT2D eigenvalue weighted by atomic mass is 10.0. The number of benzene rings is 2. The lowest BCUT2D eigenvalue weighted by molar-refractivity contribution is 0.0736. The van der Waals surface area contributed by atoms with Gasteiger partial charge in [0.05, 0.1) is 16.9 Å². The quantitative estimate of drug-likeness (QED) is 0.609. The molecular formula is C25H26FN3O2. The molecule has 1 atom stereocenters. The minimum Gasteiger partial charge on any atom is -0.332 e. The van der Waals surface area contributed by atoms with Crippen molar-refractivity contribution in [1.82, 2.24) is 14.5 Å². The highest BCUT2D eigenvalue weighted by Crippen LogP contribution is 2.33. The van der Waals surface area contributed by atoms with E-state index in [1.54, 1.807) is 30.3 Å². The van der Waals surface area contributed by atoms with Gasteiger partial charge in [-0.25, -0.2) is 9.37 Å². The van der Waals surface area contributed by atoms with Crippen LogP contribution in [0.5, 0.6) is 0 Å². The van der Waals surface area contributed by atoms with Crippen LogP contribution in [-0.4, -0.2) is 26.9 Å². The summed E-state index contributed by atoms with van der Waals surface area (Å²) in [5.41, 5.74) is 2.08. The van der Waals surface area contributed by atoms with E-state index >= 15 is 0 Å². The summed E-state index contributed by atoms with van der Waals surface area (Å²) in [5, 5.41) is 0.567. The number of hydrogen-bond acceptors (Lipinski definition) is 3. The monoisotopic (exact) mass is 419 g/mol. The van der Waals surface area contributed by atoms with Crippen molar-refractivity contribution >= 4 is 16.8 Å². The molecule has 0 spiro atoms. The van der Waals surface area contributed by atoms with Crippen LogP contribution < -0.4 is 5.56 Å². The van der Waals surface area contributed by atoms with Gasteiger partial charge in [0, 0.05) is 25.1 Å². The second kappa shape index (κ2) is 8.25. The van der Waals surface area contributed by atoms with Gasteiger partial charge in [-0.1, -0.05) is 25.0 Å². The van der Waals surface area contributed by atoms with Crippen molar-refractivity contribution in [2.45, 2.75) is 57.5 Å². The first-order valence-electron chi connectivity index (χ1n) is 11.2. The molecule has 160 valence electrons. The van der Waals surface area contributed by atoms with E-state index in [9.17, 15) is 14.0 Å². The Morgan fingerprint density at radius 2 is 1.77 bits per heavy atom. The minimum atomic E-state index is -0.277. The van der Waals surface area contributed by atoms with Crippen LogP contribution >= 0.6 is 0 Å². The first-order chi connectivity index (χ1) is 15.1. The standard InChI is InChI=1S/C25H26FN3O2/c26-19-11-8-17(9-12-19)22-6-5-15-28(22)24(30)18-10-13-20-21(16-18)27-23-7-3-1-2-4-14-29(23)25(20)31/h8-13,16,22H,1-7,14-15H2. The Labute approximate surface area is 180 Å². The fourth-order valence-corrected chi connectivity index (χ4v) is 4.94. The number of fused-ring (bicyclic) bond motifs is 2. The van der Waals surface area contributed by atoms with E-state index in [-0.39, 0.29) is 23.3 Å². The van der Waals surface area contributed by atoms with Gasteiger partial charge in [-0.05, 0) is 61.6 Å². The molecule has 1 aromatic heterocycles. The largest absolute Gasteiger partial charge is 0.332 e. The van der Waals surface area contributed by atoms with E-state index in [1.807, 2.05) is 9.47 Å². The molecule has 2 aromatic carbocycles. The van der Waals surface area contributed by atoms with Crippen molar-refractivity contribution in [2.24, 2.45) is 0 Å². The molecule has 1 unspecified atom stereocenters. The number of halogens is 1. The molecule has 1 saturated heterocycles. The first kappa shape index (κ1) is 19.9. The third-order valence-corrected chi connectivity index (χ3v) is 6.58. The molecule has 1 amide bonds. The van der Waals surface area contributed by atoms with Crippen molar-refractivity contribution in [2.75, 3.05) is 6.54 Å². The van der Waals surface area contributed by atoms with E-state index in [0.717, 1.165) is 56.3 Å². The average molecular weight is 420 g/mol. The number of amides is 1. The second-order valence-electron chi connectivity index (χ2n) is 8.59. The molecule has 2 aliphatic rings. The normalized spacial score (nSPS) is 19.1. The summed E-state index contributed by atoms with van der Waals surface area (Å²) in [7, 11) is 0. The molecule has 0 saturated carbocycles. The molecule has 0 bridgehead atoms. The molecule has 5 nitrogen and oxygen atoms in total. The maximum atomic E-state index is 13.4. The summed E-state index contributed by atoms with van der Waals surface area (Å²) in [5.74, 6) is 0.482. The zero-order valence-electron chi connectivity index (χ0n) is 17.5. The number of aryl methyl sites for hydroxylation is 1. The van der Waals surface area contributed by atoms with E-state index in [1.165, 1.54) is 12.1 Å². The molecule has 3 aromatic rings. The molecule has 3 heterocycles. The van der Waals surface area contributed by atoms with Gasteiger partial charge >= 0.3 is 0 Å². The average Bonchev–Trinajstić information content (AvgIpc) is 3.25. The van der Waals surface area contributed by atoms with Crippen LogP contribution in [0.15, 0.2) is 47.3 Å². The maximum Gasteiger partial charge on any atom is 0.261 e. The SMILES string of the molecule is O=C(c1ccc2c(=O)n3c(nc2c1)CCCCCC3)N1CCCC1c1ccc(F)cc1. The molecular weight excluding hydrogens is 393 g/mol. The van der Waals surface area contributed by atoms with Crippen LogP contribution in [0.25, 0.3) is 10.9 Å². The molecule has 6 heteroatoms. The van der Waals surface area contributed by atoms with Gasteiger partial charge in [0.1, 0.15) is 11.6 Å². The predicted octanol–water partition coefficient (Wildman–Crippen LogP) is 4.63. The summed E-state index contributed by atoms with van der Waals surface area (Å²) in [6.45, 7) is 1.38. The van der Waals surface area contributed by atoms with Crippen LogP contribution in [0.4, 0.5) is 4.39 Å². The predicted molar refractivity (Wildman–Crippen MR) is 118 cm³/mol. The van der Waals surface area contributed by atoms with Gasteiger partial charge in [0.2, 0.25) is 0 Å². The van der Waals surface area contributed by atoms with Crippen molar-refractivity contribution in [3.63, 3.8) is 0 Å². The number of nitrogens with zero attached hydrogens (tertiary/aromatic N) is 3. The Balaban J connectivity index is 1.49. The highest BCUT2D eigenvalue weighted by molar-refractivity contribution is 5.98. The van der Waals surface area contributed by atoms with Crippen LogP contribution in [0.1, 0.15) is 66.3 Å². The van der Waals surface area contributed by atoms with Gasteiger partial charge in [-0.2, -0.15) is 0 Å². The lowest BCUT2D eigenvalue weighted by Gasteiger charge is -2.25. The van der Waals surface area contributed by atoms with Crippen molar-refractivity contribution in [1.29, 1.82) is 0 Å². The second-order valence-corrected chi connectivity index (χ2v) is 8.59. The highest BCUT2D eigenvalue weighted by atomic mass is 19.1. The smallest absolute Gasteiger partial charge is 0.261 e. The van der Waals surface area contributed by atoms with Crippen molar-refractivity contribution in [3.8, 4) is 0 Å². The van der Waals surface area contributed by atoms with Gasteiger partial charge in [0.25, 0.3) is 11.5 Å². The number of likely N-dealkylation sites (tertiary alicyclic amines) is 1. The molecule has 0 radical (unpaired) electrons. The summed E-state index contributed by atoms with van der Waals surface area (Å²) < 4.78 is 15.1. The van der Waals surface area contributed by atoms with Gasteiger partial charge < -0.3 is 4.90 Å². The summed E-state index contributed by atoms with van der Waals surface area (Å²) >= 11 is 0. The molecule has 0 N–H and O–H groups in total. The summed E-state index contributed by atoms with van der Waals surface area (Å²) in [4.78, 5) is 33.0. The first-order valence-corrected chi connectivity index (χ1v) is 11.2. The molecule has 1 fully saturated rings. The number of rotatable bonds is 2. The van der Waals surface area contributed by atoms with Crippen molar-refractivity contribution < 1.29 is 9.18 Å². The zero-order valence-corrected chi connectivity index (χ0v) is 17.5. The number of hydrogen-bond donors (Lipinski definition) is 0. The Morgan fingerprint density at radius 1 is 0.968 bits per heavy atom. The van der Waals surface area contributed by atoms with Crippen LogP contribution in [0, 0.1) is 5.82 Å². The number of carbonyl (C=O) groups excluding carboxylic acids is 1. The third-order valence-electron chi connectivity index (χ3n) is 6.58. The van der Waals surface area contributed by atoms with E-state index in [0.29, 0.717) is 29.6 Å². The van der Waals surface area contributed by atoms with Crippen molar-refractivity contribution in [3.05, 3.63) is 75.6 Å². The van der Waals surface area contributed by atoms with E-state index in [4.69, 9.17) is 4.98 Å². The fraction of sp³-hybridized carbons (Fsp3) is 0.400. The summed E-state index contributed by atoms with van der Waals surface area (Å²) in [6.07, 6.45) is 6.89. The molecule has 2 aliphatic heterocycles. The molecule has 31 heavy (non-hydrogen) atoms. The molecule has 5 rings (SSSR count). The van der Waals surface area contributed by atoms with Gasteiger partial charge in [-0.15, -0.1) is 0 Å².